The smallest absolute Gasteiger partial charge is 0.264 e. The van der Waals surface area contributed by atoms with E-state index in [9.17, 15) is 0 Å². The Hall–Kier alpha value is -7.48. The zero-order valence-corrected chi connectivity index (χ0v) is 37.2. The molecule has 4 aliphatic rings. The molecular weight excluding hydrogens is 812 g/mol. The molecule has 0 saturated carbocycles. The predicted octanol–water partition coefficient (Wildman–Crippen LogP) is 14.0. The van der Waals surface area contributed by atoms with Crippen LogP contribution in [0.4, 0.5) is 51.2 Å². The summed E-state index contributed by atoms with van der Waals surface area (Å²) in [6, 6.07) is 67.0. The lowest BCUT2D eigenvalue weighted by Gasteiger charge is -2.44. The molecule has 14 rings (SSSR count). The van der Waals surface area contributed by atoms with Crippen LogP contribution in [0.3, 0.4) is 0 Å². The van der Waals surface area contributed by atoms with Gasteiger partial charge in [0.15, 0.2) is 0 Å². The van der Waals surface area contributed by atoms with Gasteiger partial charge in [-0.2, -0.15) is 0 Å². The van der Waals surface area contributed by atoms with Crippen molar-refractivity contribution in [3.63, 3.8) is 0 Å². The van der Waals surface area contributed by atoms with Gasteiger partial charge in [-0.15, -0.1) is 11.3 Å². The van der Waals surface area contributed by atoms with E-state index in [1.54, 1.807) is 0 Å². The van der Waals surface area contributed by atoms with Crippen LogP contribution in [0.5, 0.6) is 11.5 Å². The molecule has 65 heavy (non-hydrogen) atoms. The first-order valence-electron chi connectivity index (χ1n) is 22.8. The summed E-state index contributed by atoms with van der Waals surface area (Å²) in [6.45, 7) is 7.08. The van der Waals surface area contributed by atoms with Gasteiger partial charge in [-0.1, -0.05) is 98.8 Å². The zero-order valence-electron chi connectivity index (χ0n) is 36.4. The maximum atomic E-state index is 6.74. The number of hydrogen-bond acceptors (Lipinski definition) is 5. The van der Waals surface area contributed by atoms with E-state index < -0.39 is 0 Å². The van der Waals surface area contributed by atoms with Gasteiger partial charge in [-0.25, -0.2) is 0 Å². The molecule has 310 valence electrons. The fourth-order valence-corrected chi connectivity index (χ4v) is 13.0. The van der Waals surface area contributed by atoms with Gasteiger partial charge in [0, 0.05) is 73.5 Å². The number of hydrogen-bond donors (Lipinski definition) is 0. The third-order valence-electron chi connectivity index (χ3n) is 14.4. The van der Waals surface area contributed by atoms with Crippen molar-refractivity contribution >= 4 is 106 Å². The minimum Gasteiger partial charge on any atom is -0.457 e. The van der Waals surface area contributed by atoms with Crippen molar-refractivity contribution in [3.05, 3.63) is 199 Å². The second-order valence-electron chi connectivity index (χ2n) is 18.7. The van der Waals surface area contributed by atoms with Crippen LogP contribution in [0.25, 0.3) is 26.8 Å². The van der Waals surface area contributed by atoms with Crippen LogP contribution in [0.15, 0.2) is 182 Å². The Morgan fingerprint density at radius 2 is 1.20 bits per heavy atom. The van der Waals surface area contributed by atoms with E-state index >= 15 is 0 Å². The summed E-state index contributed by atoms with van der Waals surface area (Å²) in [5, 5.41) is 1.28. The molecule has 10 aromatic rings. The van der Waals surface area contributed by atoms with E-state index in [2.05, 4.69) is 216 Å². The van der Waals surface area contributed by atoms with Gasteiger partial charge in [0.1, 0.15) is 11.5 Å². The van der Waals surface area contributed by atoms with Crippen LogP contribution in [-0.2, 0) is 11.8 Å². The Bertz CT molecular complexity index is 3610. The van der Waals surface area contributed by atoms with Crippen molar-refractivity contribution in [2.24, 2.45) is 0 Å². The van der Waals surface area contributed by atoms with Gasteiger partial charge in [0.25, 0.3) is 6.71 Å². The normalized spacial score (nSPS) is 15.0. The highest BCUT2D eigenvalue weighted by molar-refractivity contribution is 7.34. The van der Waals surface area contributed by atoms with Crippen molar-refractivity contribution in [1.82, 2.24) is 4.57 Å². The average molecular weight is 855 g/mol. The molecule has 5 nitrogen and oxygen atoms in total. The summed E-state index contributed by atoms with van der Waals surface area (Å²) < 4.78 is 12.0. The molecule has 6 bridgehead atoms. The lowest BCUT2D eigenvalue weighted by atomic mass is 9.36. The van der Waals surface area contributed by atoms with Crippen LogP contribution in [0, 0.1) is 6.92 Å². The second kappa shape index (κ2) is 13.5. The molecule has 3 aliphatic heterocycles. The summed E-state index contributed by atoms with van der Waals surface area (Å²) in [4.78, 5) is 7.56. The Morgan fingerprint density at radius 3 is 1.97 bits per heavy atom. The van der Waals surface area contributed by atoms with Gasteiger partial charge in [0.05, 0.1) is 21.4 Å². The molecule has 0 saturated heterocycles. The fourth-order valence-electron chi connectivity index (χ4n) is 11.6. The molecule has 0 amide bonds. The van der Waals surface area contributed by atoms with E-state index in [0.717, 1.165) is 47.1 Å². The quantitative estimate of drug-likeness (QED) is 0.165. The summed E-state index contributed by atoms with van der Waals surface area (Å²) in [7, 11) is 0. The highest BCUT2D eigenvalue weighted by atomic mass is 32.1. The molecule has 0 fully saturated rings. The Labute approximate surface area is 383 Å². The van der Waals surface area contributed by atoms with E-state index in [0.29, 0.717) is 0 Å². The molecule has 0 unspecified atom stereocenters. The molecule has 0 radical (unpaired) electrons. The standard InChI is InChI=1S/C58H43BN4OS/c1-36-31-51-53-52(32-36)63(48-26-14-24-46-44(48)29-30-58(46,2)3)55-54-56(45-23-10-11-25-49(45)62(54)38-17-8-5-9-18-38)65-57(55)59(53)47-28-27-41-35-50(47)61(51)40-20-13-22-43(34-40)64-42-21-12-19-39(33-42)60(41)37-15-6-4-7-16-37/h4-28,31-35H,29-30H2,1-3H3. The lowest BCUT2D eigenvalue weighted by molar-refractivity contribution is 0.483. The Balaban J connectivity index is 1.12. The van der Waals surface area contributed by atoms with Crippen molar-refractivity contribution in [1.29, 1.82) is 0 Å². The van der Waals surface area contributed by atoms with E-state index in [-0.39, 0.29) is 12.1 Å². The van der Waals surface area contributed by atoms with Crippen LogP contribution in [0.1, 0.15) is 37.0 Å². The van der Waals surface area contributed by atoms with Crippen LogP contribution in [0.2, 0.25) is 0 Å². The van der Waals surface area contributed by atoms with Gasteiger partial charge >= 0.3 is 0 Å². The van der Waals surface area contributed by atoms with Crippen molar-refractivity contribution < 1.29 is 4.74 Å². The highest BCUT2D eigenvalue weighted by Gasteiger charge is 2.47. The third kappa shape index (κ3) is 5.27. The lowest BCUT2D eigenvalue weighted by Crippen LogP contribution is -2.60. The minimum absolute atomic E-state index is 0.0263. The number of fused-ring (bicyclic) bond motifs is 15. The monoisotopic (exact) mass is 854 g/mol. The summed E-state index contributed by atoms with van der Waals surface area (Å²) in [6.07, 6.45) is 2.17. The topological polar surface area (TPSA) is 23.9 Å². The molecule has 5 heterocycles. The first kappa shape index (κ1) is 37.0. The summed E-state index contributed by atoms with van der Waals surface area (Å²) in [5.41, 5.74) is 21.0. The number of thiophene rings is 1. The van der Waals surface area contributed by atoms with Crippen molar-refractivity contribution in [2.75, 3.05) is 14.7 Å². The first-order chi connectivity index (χ1) is 31.9. The largest absolute Gasteiger partial charge is 0.457 e. The summed E-state index contributed by atoms with van der Waals surface area (Å²) >= 11 is 1.98. The van der Waals surface area contributed by atoms with Gasteiger partial charge in [-0.3, -0.25) is 0 Å². The first-order valence-corrected chi connectivity index (χ1v) is 23.6. The molecule has 1 aliphatic carbocycles. The molecule has 7 heteroatoms. The number of rotatable bonds is 3. The van der Waals surface area contributed by atoms with Gasteiger partial charge in [-0.05, 0) is 138 Å². The predicted molar refractivity (Wildman–Crippen MR) is 274 cm³/mol. The van der Waals surface area contributed by atoms with Crippen LogP contribution >= 0.6 is 11.3 Å². The molecule has 0 atom stereocenters. The van der Waals surface area contributed by atoms with Gasteiger partial charge < -0.3 is 24.0 Å². The molecule has 0 spiro atoms. The van der Waals surface area contributed by atoms with Crippen LogP contribution in [-0.4, -0.2) is 11.3 Å². The zero-order chi connectivity index (χ0) is 43.1. The number of aromatic nitrogens is 1. The maximum Gasteiger partial charge on any atom is 0.264 e. The van der Waals surface area contributed by atoms with Crippen molar-refractivity contribution in [2.45, 2.75) is 39.0 Å². The molecule has 8 aromatic carbocycles. The Kier molecular flexibility index (Phi) is 7.69. The number of nitrogens with zero attached hydrogens (tertiary/aromatic N) is 4. The van der Waals surface area contributed by atoms with E-state index in [1.165, 1.54) is 87.6 Å². The Morgan fingerprint density at radius 1 is 0.554 bits per heavy atom. The maximum absolute atomic E-state index is 6.74. The molecular formula is C58H43BN4OS. The van der Waals surface area contributed by atoms with Crippen LogP contribution < -0.4 is 35.1 Å². The van der Waals surface area contributed by atoms with E-state index in [4.69, 9.17) is 4.74 Å². The van der Waals surface area contributed by atoms with Crippen molar-refractivity contribution in [3.8, 4) is 17.2 Å². The number of anilines is 9. The number of aryl methyl sites for hydroxylation is 1. The molecule has 2 aromatic heterocycles. The minimum atomic E-state index is -0.0263. The van der Waals surface area contributed by atoms with E-state index in [1.807, 2.05) is 17.4 Å². The fraction of sp³-hybridized carbons (Fsp3) is 0.103. The number of para-hydroxylation sites is 3. The summed E-state index contributed by atoms with van der Waals surface area (Å²) in [5.74, 6) is 1.59. The number of ether oxygens (including phenoxy) is 1. The van der Waals surface area contributed by atoms with Gasteiger partial charge in [0.2, 0.25) is 0 Å². The highest BCUT2D eigenvalue weighted by Crippen LogP contribution is 2.54. The number of benzene rings is 8. The average Bonchev–Trinajstić information content (AvgIpc) is 3.97. The molecule has 0 N–H and O–H groups in total. The second-order valence-corrected chi connectivity index (χ2v) is 19.8. The third-order valence-corrected chi connectivity index (χ3v) is 15.7. The SMILES string of the molecule is Cc1cc2c3c(c1)N(c1cccc4c1CCC4(C)C)c1c(sc4c5ccccc5n(-c5ccccc5)c14)B3c1ccc3cc1N2c1cccc(c1)Oc1cccc(c1)N3c1ccccc1.